The monoisotopic (exact) mass is 683 g/mol. The van der Waals surface area contributed by atoms with Crippen molar-refractivity contribution in [1.82, 2.24) is 0 Å². The first-order chi connectivity index (χ1) is 24.1. The number of carbonyl (C=O) groups is 4. The van der Waals surface area contributed by atoms with Crippen LogP contribution >= 0.6 is 11.6 Å². The minimum atomic E-state index is -1.79. The number of Topliss-reactive ketones (excluding diaryl/α,β-unsaturated/α-hetero) is 1. The Hall–Kier alpha value is -5.09. The lowest BCUT2D eigenvalue weighted by Crippen LogP contribution is -2.58. The maximum absolute atomic E-state index is 15.1. The highest BCUT2D eigenvalue weighted by Gasteiger charge is 2.66. The van der Waals surface area contributed by atoms with Crippen molar-refractivity contribution in [3.63, 3.8) is 0 Å². The predicted octanol–water partition coefficient (Wildman–Crippen LogP) is 4.75. The van der Waals surface area contributed by atoms with E-state index in [-0.39, 0.29) is 51.9 Å². The molecule has 10 heteroatoms. The van der Waals surface area contributed by atoms with E-state index < -0.39 is 53.9 Å². The van der Waals surface area contributed by atoms with Crippen LogP contribution in [0.25, 0.3) is 5.57 Å². The van der Waals surface area contributed by atoms with Gasteiger partial charge in [-0.1, -0.05) is 102 Å². The molecule has 0 radical (unpaired) electrons. The molecule has 2 fully saturated rings. The minimum Gasteiger partial charge on any atom is -0.508 e. The van der Waals surface area contributed by atoms with Crippen LogP contribution in [0.4, 0.5) is 5.69 Å². The molecule has 4 aromatic rings. The Labute approximate surface area is 293 Å². The Morgan fingerprint density at radius 2 is 1.52 bits per heavy atom. The third-order valence-corrected chi connectivity index (χ3v) is 11.4. The molecule has 4 aromatic carbocycles. The smallest absolute Gasteiger partial charge is 0.488 e. The number of ketones is 2. The van der Waals surface area contributed by atoms with E-state index in [1.165, 1.54) is 30.3 Å². The first-order valence-corrected chi connectivity index (χ1v) is 16.9. The van der Waals surface area contributed by atoms with Gasteiger partial charge in [0, 0.05) is 22.4 Å². The molecule has 3 N–H and O–H groups in total. The molecule has 0 spiro atoms. The third-order valence-electron chi connectivity index (χ3n) is 11.1. The summed E-state index contributed by atoms with van der Waals surface area (Å²) in [6.07, 6.45) is 3.74. The van der Waals surface area contributed by atoms with Crippen molar-refractivity contribution in [2.75, 3.05) is 4.90 Å². The van der Waals surface area contributed by atoms with E-state index in [1.807, 2.05) is 54.6 Å². The molecule has 1 saturated heterocycles. The van der Waals surface area contributed by atoms with Gasteiger partial charge in [-0.25, -0.2) is 0 Å². The molecule has 8 nitrogen and oxygen atoms in total. The molecule has 1 heterocycles. The summed E-state index contributed by atoms with van der Waals surface area (Å²) in [5.41, 5.74) is 1.74. The largest absolute Gasteiger partial charge is 0.508 e. The Morgan fingerprint density at radius 1 is 0.800 bits per heavy atom. The number of benzene rings is 4. The lowest BCUT2D eigenvalue weighted by atomic mass is 9.44. The van der Waals surface area contributed by atoms with Crippen molar-refractivity contribution in [1.29, 1.82) is 0 Å². The summed E-state index contributed by atoms with van der Waals surface area (Å²) in [5, 5.41) is 30.2. The van der Waals surface area contributed by atoms with Gasteiger partial charge in [-0.15, -0.1) is 0 Å². The highest BCUT2D eigenvalue weighted by atomic mass is 35.5. The molecule has 4 aliphatic rings. The van der Waals surface area contributed by atoms with Gasteiger partial charge in [0.2, 0.25) is 11.8 Å². The number of phenolic OH excluding ortho intramolecular Hbond substituents is 1. The number of imide groups is 1. The number of rotatable bonds is 5. The van der Waals surface area contributed by atoms with E-state index in [0.717, 1.165) is 10.5 Å². The number of carbonyl (C=O) groups excluding carboxylic acids is 4. The molecule has 50 heavy (non-hydrogen) atoms. The molecule has 8 rings (SSSR count). The second-order valence-corrected chi connectivity index (χ2v) is 13.9. The Balaban J connectivity index is 1.35. The van der Waals surface area contributed by atoms with Crippen molar-refractivity contribution in [2.24, 2.45) is 23.7 Å². The fourth-order valence-corrected chi connectivity index (χ4v) is 9.33. The average Bonchev–Trinajstić information content (AvgIpc) is 3.38. The van der Waals surface area contributed by atoms with Crippen molar-refractivity contribution < 1.29 is 34.3 Å². The highest BCUT2D eigenvalue weighted by Crippen LogP contribution is 2.64. The molecule has 0 unspecified atom stereocenters. The summed E-state index contributed by atoms with van der Waals surface area (Å²) in [5.74, 6) is -5.33. The maximum atomic E-state index is 15.1. The zero-order valence-electron chi connectivity index (χ0n) is 26.6. The SMILES string of the molecule is O=C1C(c2ccccc2)=CC(=O)[C@@]2(c3ccccc3)[C@@H](c3ccc(O)cc3Cl)C3=CC[C@@H]4C(=O)N(c5cccc(B(O)O)c5)C(=O)[C@@H]4[C@@H]3C[C@@H]12. The van der Waals surface area contributed by atoms with Crippen LogP contribution in [-0.2, 0) is 24.6 Å². The summed E-state index contributed by atoms with van der Waals surface area (Å²) in [7, 11) is -1.79. The van der Waals surface area contributed by atoms with Crippen molar-refractivity contribution in [2.45, 2.75) is 24.2 Å². The fraction of sp³-hybridized carbons (Fsp3) is 0.200. The van der Waals surface area contributed by atoms with Gasteiger partial charge in [-0.3, -0.25) is 24.1 Å². The number of anilines is 1. The quantitative estimate of drug-likeness (QED) is 0.157. The normalized spacial score (nSPS) is 27.3. The highest BCUT2D eigenvalue weighted by molar-refractivity contribution is 6.58. The van der Waals surface area contributed by atoms with Gasteiger partial charge in [-0.05, 0) is 71.3 Å². The predicted molar refractivity (Wildman–Crippen MR) is 188 cm³/mol. The second-order valence-electron chi connectivity index (χ2n) is 13.5. The minimum absolute atomic E-state index is 0.0612. The van der Waals surface area contributed by atoms with Gasteiger partial charge >= 0.3 is 7.12 Å². The van der Waals surface area contributed by atoms with E-state index in [4.69, 9.17) is 11.6 Å². The summed E-state index contributed by atoms with van der Waals surface area (Å²) < 4.78 is 0. The lowest BCUT2D eigenvalue weighted by Gasteiger charge is -2.55. The summed E-state index contributed by atoms with van der Waals surface area (Å²) in [6, 6.07) is 28.9. The first kappa shape index (κ1) is 32.1. The van der Waals surface area contributed by atoms with Crippen molar-refractivity contribution in [3.05, 3.63) is 143 Å². The number of aromatic hydroxyl groups is 1. The Bertz CT molecular complexity index is 2150. The van der Waals surface area contributed by atoms with Gasteiger partial charge in [0.05, 0.1) is 22.9 Å². The van der Waals surface area contributed by atoms with Gasteiger partial charge in [-0.2, -0.15) is 0 Å². The summed E-state index contributed by atoms with van der Waals surface area (Å²) in [4.78, 5) is 59.7. The van der Waals surface area contributed by atoms with Gasteiger partial charge in [0.1, 0.15) is 5.75 Å². The van der Waals surface area contributed by atoms with Crippen LogP contribution in [0.15, 0.2) is 121 Å². The number of phenols is 1. The first-order valence-electron chi connectivity index (χ1n) is 16.6. The number of allylic oxidation sites excluding steroid dienone is 4. The zero-order chi connectivity index (χ0) is 34.9. The van der Waals surface area contributed by atoms with Gasteiger partial charge < -0.3 is 15.2 Å². The average molecular weight is 684 g/mol. The van der Waals surface area contributed by atoms with E-state index in [9.17, 15) is 29.5 Å². The number of fused-ring (bicyclic) bond motifs is 4. The van der Waals surface area contributed by atoms with Crippen LogP contribution in [0.3, 0.4) is 0 Å². The van der Waals surface area contributed by atoms with E-state index >= 15 is 4.79 Å². The fourth-order valence-electron chi connectivity index (χ4n) is 9.05. The van der Waals surface area contributed by atoms with Gasteiger partial charge in [0.25, 0.3) is 0 Å². The molecule has 3 aliphatic carbocycles. The van der Waals surface area contributed by atoms with Crippen LogP contribution in [-0.4, -0.2) is 45.7 Å². The number of amides is 2. The van der Waals surface area contributed by atoms with Crippen LogP contribution in [0.1, 0.15) is 35.4 Å². The second kappa shape index (κ2) is 12.1. The van der Waals surface area contributed by atoms with E-state index in [2.05, 4.69) is 0 Å². The van der Waals surface area contributed by atoms with E-state index in [0.29, 0.717) is 16.7 Å². The molecule has 248 valence electrons. The van der Waals surface area contributed by atoms with Crippen molar-refractivity contribution >= 4 is 58.8 Å². The summed E-state index contributed by atoms with van der Waals surface area (Å²) in [6.45, 7) is 0. The number of hydrogen-bond donors (Lipinski definition) is 3. The van der Waals surface area contributed by atoms with Gasteiger partial charge in [0.15, 0.2) is 11.6 Å². The van der Waals surface area contributed by atoms with E-state index in [1.54, 1.807) is 30.3 Å². The topological polar surface area (TPSA) is 132 Å². The Kier molecular flexibility index (Phi) is 7.75. The van der Waals surface area contributed by atoms with Crippen LogP contribution in [0, 0.1) is 23.7 Å². The molecule has 1 aliphatic heterocycles. The standard InChI is InChI=1S/C40H31BClNO7/c42-33-19-26(44)14-15-28(33)36-27-16-17-29-35(39(48)43(38(29)47)25-13-7-12-24(18-25)41(49)50)31(27)20-32-37(46)30(22-8-3-1-4-9-22)21-34(45)40(32,36)23-10-5-2-6-11-23/h1-16,18-19,21,29,31-32,35-36,44,49-50H,17,20H2/t29-,31+,32-,35-,36+,40-/m0/s1. The molecule has 0 aromatic heterocycles. The third kappa shape index (κ3) is 4.68. The van der Waals surface area contributed by atoms with Crippen LogP contribution in [0.5, 0.6) is 5.75 Å². The molecular formula is C40H31BClNO7. The zero-order valence-corrected chi connectivity index (χ0v) is 27.4. The molecule has 2 amide bonds. The Morgan fingerprint density at radius 3 is 2.22 bits per heavy atom. The number of hydrogen-bond acceptors (Lipinski definition) is 7. The van der Waals surface area contributed by atoms with Crippen LogP contribution < -0.4 is 10.4 Å². The molecule has 1 saturated carbocycles. The van der Waals surface area contributed by atoms with Crippen LogP contribution in [0.2, 0.25) is 5.02 Å². The molecular weight excluding hydrogens is 653 g/mol. The molecule has 6 atom stereocenters. The lowest BCUT2D eigenvalue weighted by molar-refractivity contribution is -0.135. The summed E-state index contributed by atoms with van der Waals surface area (Å²) >= 11 is 6.92. The number of nitrogens with zero attached hydrogens (tertiary/aromatic N) is 1. The maximum Gasteiger partial charge on any atom is 0.488 e. The molecule has 0 bridgehead atoms. The van der Waals surface area contributed by atoms with Crippen molar-refractivity contribution in [3.8, 4) is 5.75 Å². The number of halogens is 1.